The van der Waals surface area contributed by atoms with E-state index in [1.807, 2.05) is 0 Å². The highest BCUT2D eigenvalue weighted by Gasteiger charge is 2.01. The van der Waals surface area contributed by atoms with Gasteiger partial charge in [0.15, 0.2) is 0 Å². The van der Waals surface area contributed by atoms with Gasteiger partial charge in [-0.05, 0) is 42.9 Å². The topological polar surface area (TPSA) is 0 Å². The molecule has 0 aliphatic rings. The van der Waals surface area contributed by atoms with Gasteiger partial charge >= 0.3 is 0 Å². The van der Waals surface area contributed by atoms with Crippen molar-refractivity contribution in [1.82, 2.24) is 0 Å². The van der Waals surface area contributed by atoms with Crippen molar-refractivity contribution in [2.24, 2.45) is 0 Å². The third kappa shape index (κ3) is 3.22. The third-order valence-electron chi connectivity index (χ3n) is 3.34. The van der Waals surface area contributed by atoms with E-state index in [1.165, 1.54) is 27.8 Å². The minimum absolute atomic E-state index is 0.611. The molecular weight excluding hydrogens is 216 g/mol. The average Bonchev–Trinajstić information content (AvgIpc) is 2.28. The molecule has 0 heterocycles. The predicted molar refractivity (Wildman–Crippen MR) is 79.3 cm³/mol. The first kappa shape index (κ1) is 12.9. The van der Waals surface area contributed by atoms with Crippen molar-refractivity contribution in [3.05, 3.63) is 70.3 Å². The fourth-order valence-corrected chi connectivity index (χ4v) is 2.43. The van der Waals surface area contributed by atoms with Crippen LogP contribution < -0.4 is 0 Å². The van der Waals surface area contributed by atoms with Crippen molar-refractivity contribution in [3.63, 3.8) is 0 Å². The van der Waals surface area contributed by atoms with Gasteiger partial charge in [-0.2, -0.15) is 0 Å². The number of aryl methyl sites for hydroxylation is 2. The summed E-state index contributed by atoms with van der Waals surface area (Å²) in [6.07, 6.45) is 1.03. The summed E-state index contributed by atoms with van der Waals surface area (Å²) in [5, 5.41) is 0. The van der Waals surface area contributed by atoms with E-state index in [0.717, 1.165) is 6.42 Å². The molecule has 0 fully saturated rings. The summed E-state index contributed by atoms with van der Waals surface area (Å²) < 4.78 is 0. The Labute approximate surface area is 111 Å². The summed E-state index contributed by atoms with van der Waals surface area (Å²) in [4.78, 5) is 0. The lowest BCUT2D eigenvalue weighted by atomic mass is 9.97. The largest absolute Gasteiger partial charge is 0.0587 e. The Morgan fingerprint density at radius 3 is 1.83 bits per heavy atom. The molecule has 0 spiro atoms. The van der Waals surface area contributed by atoms with Crippen LogP contribution in [0.15, 0.2) is 42.5 Å². The first-order valence-electron chi connectivity index (χ1n) is 6.70. The van der Waals surface area contributed by atoms with Gasteiger partial charge in [0.25, 0.3) is 0 Å². The van der Waals surface area contributed by atoms with Crippen LogP contribution in [0, 0.1) is 13.8 Å². The summed E-state index contributed by atoms with van der Waals surface area (Å²) in [5.74, 6) is 0.611. The number of hydrogen-bond acceptors (Lipinski definition) is 0. The van der Waals surface area contributed by atoms with Gasteiger partial charge in [-0.3, -0.25) is 0 Å². The summed E-state index contributed by atoms with van der Waals surface area (Å²) in [7, 11) is 0. The SMILES string of the molecule is Cc1cc(C)cc(Cc2ccc(C(C)C)cc2)c1. The van der Waals surface area contributed by atoms with Crippen LogP contribution in [0.5, 0.6) is 0 Å². The second-order valence-corrected chi connectivity index (χ2v) is 5.57. The number of benzene rings is 2. The summed E-state index contributed by atoms with van der Waals surface area (Å²) in [6, 6.07) is 15.8. The van der Waals surface area contributed by atoms with E-state index in [-0.39, 0.29) is 0 Å². The van der Waals surface area contributed by atoms with Crippen LogP contribution >= 0.6 is 0 Å². The maximum Gasteiger partial charge on any atom is -0.00256 e. The minimum Gasteiger partial charge on any atom is -0.0587 e. The first-order chi connectivity index (χ1) is 8.54. The van der Waals surface area contributed by atoms with Crippen LogP contribution in [0.2, 0.25) is 0 Å². The Hall–Kier alpha value is -1.56. The molecule has 0 nitrogen and oxygen atoms in total. The lowest BCUT2D eigenvalue weighted by Crippen LogP contribution is -1.92. The second kappa shape index (κ2) is 5.39. The molecule has 0 heteroatoms. The Balaban J connectivity index is 2.18. The van der Waals surface area contributed by atoms with Gasteiger partial charge in [0.1, 0.15) is 0 Å². The van der Waals surface area contributed by atoms with Gasteiger partial charge < -0.3 is 0 Å². The molecule has 0 aliphatic carbocycles. The summed E-state index contributed by atoms with van der Waals surface area (Å²) in [6.45, 7) is 8.80. The highest BCUT2D eigenvalue weighted by Crippen LogP contribution is 2.18. The molecular formula is C18H22. The molecule has 0 amide bonds. The standard InChI is InChI=1S/C18H22/c1-13(2)18-7-5-16(6-8-18)12-17-10-14(3)9-15(4)11-17/h5-11,13H,12H2,1-4H3. The fraction of sp³-hybridized carbons (Fsp3) is 0.333. The van der Waals surface area contributed by atoms with E-state index in [2.05, 4.69) is 70.2 Å². The molecule has 0 saturated heterocycles. The van der Waals surface area contributed by atoms with Crippen LogP contribution in [0.25, 0.3) is 0 Å². The third-order valence-corrected chi connectivity index (χ3v) is 3.34. The number of hydrogen-bond donors (Lipinski definition) is 0. The van der Waals surface area contributed by atoms with Gasteiger partial charge in [0.05, 0.1) is 0 Å². The maximum atomic E-state index is 2.28. The Bertz CT molecular complexity index is 498. The van der Waals surface area contributed by atoms with Crippen LogP contribution in [0.4, 0.5) is 0 Å². The molecule has 0 aliphatic heterocycles. The summed E-state index contributed by atoms with van der Waals surface area (Å²) in [5.41, 5.74) is 6.92. The predicted octanol–water partition coefficient (Wildman–Crippen LogP) is 5.02. The lowest BCUT2D eigenvalue weighted by molar-refractivity contribution is 0.865. The molecule has 0 bridgehead atoms. The minimum atomic E-state index is 0.611. The molecule has 0 N–H and O–H groups in total. The molecule has 18 heavy (non-hydrogen) atoms. The van der Waals surface area contributed by atoms with Crippen molar-refractivity contribution in [3.8, 4) is 0 Å². The van der Waals surface area contributed by atoms with Crippen LogP contribution in [0.3, 0.4) is 0 Å². The fourth-order valence-electron chi connectivity index (χ4n) is 2.43. The lowest BCUT2D eigenvalue weighted by Gasteiger charge is -2.08. The first-order valence-corrected chi connectivity index (χ1v) is 6.70. The second-order valence-electron chi connectivity index (χ2n) is 5.57. The van der Waals surface area contributed by atoms with E-state index in [1.54, 1.807) is 0 Å². The van der Waals surface area contributed by atoms with Crippen LogP contribution in [-0.4, -0.2) is 0 Å². The Morgan fingerprint density at radius 2 is 1.33 bits per heavy atom. The average molecular weight is 238 g/mol. The maximum absolute atomic E-state index is 2.28. The molecule has 0 atom stereocenters. The van der Waals surface area contributed by atoms with Gasteiger partial charge in [-0.1, -0.05) is 67.4 Å². The Kier molecular flexibility index (Phi) is 3.86. The van der Waals surface area contributed by atoms with Crippen molar-refractivity contribution >= 4 is 0 Å². The van der Waals surface area contributed by atoms with Crippen molar-refractivity contribution < 1.29 is 0 Å². The van der Waals surface area contributed by atoms with E-state index >= 15 is 0 Å². The van der Waals surface area contributed by atoms with E-state index in [4.69, 9.17) is 0 Å². The van der Waals surface area contributed by atoms with Crippen LogP contribution in [-0.2, 0) is 6.42 Å². The smallest absolute Gasteiger partial charge is 0.00256 e. The summed E-state index contributed by atoms with van der Waals surface area (Å²) >= 11 is 0. The van der Waals surface area contributed by atoms with E-state index in [9.17, 15) is 0 Å². The molecule has 94 valence electrons. The zero-order valence-electron chi connectivity index (χ0n) is 11.8. The van der Waals surface area contributed by atoms with E-state index in [0.29, 0.717) is 5.92 Å². The zero-order valence-corrected chi connectivity index (χ0v) is 11.8. The molecule has 0 aromatic heterocycles. The molecule has 0 radical (unpaired) electrons. The van der Waals surface area contributed by atoms with Crippen molar-refractivity contribution in [1.29, 1.82) is 0 Å². The monoisotopic (exact) mass is 238 g/mol. The molecule has 2 aromatic carbocycles. The molecule has 0 unspecified atom stereocenters. The van der Waals surface area contributed by atoms with Gasteiger partial charge in [0, 0.05) is 0 Å². The highest BCUT2D eigenvalue weighted by molar-refractivity contribution is 5.34. The molecule has 2 aromatic rings. The normalized spacial score (nSPS) is 10.9. The van der Waals surface area contributed by atoms with Gasteiger partial charge in [0.2, 0.25) is 0 Å². The Morgan fingerprint density at radius 1 is 0.778 bits per heavy atom. The van der Waals surface area contributed by atoms with Gasteiger partial charge in [-0.15, -0.1) is 0 Å². The highest BCUT2D eigenvalue weighted by atomic mass is 14.1. The van der Waals surface area contributed by atoms with Crippen molar-refractivity contribution in [2.75, 3.05) is 0 Å². The van der Waals surface area contributed by atoms with Gasteiger partial charge in [-0.25, -0.2) is 0 Å². The van der Waals surface area contributed by atoms with E-state index < -0.39 is 0 Å². The van der Waals surface area contributed by atoms with Crippen LogP contribution in [0.1, 0.15) is 47.6 Å². The molecule has 2 rings (SSSR count). The number of rotatable bonds is 3. The van der Waals surface area contributed by atoms with Crippen molar-refractivity contribution in [2.45, 2.75) is 40.0 Å². The molecule has 0 saturated carbocycles. The quantitative estimate of drug-likeness (QED) is 0.704. The zero-order chi connectivity index (χ0) is 13.1.